The van der Waals surface area contributed by atoms with Gasteiger partial charge in [0.25, 0.3) is 10.1 Å². The van der Waals surface area contributed by atoms with E-state index in [1.54, 1.807) is 24.3 Å². The Labute approximate surface area is 144 Å². The van der Waals surface area contributed by atoms with Crippen LogP contribution in [0, 0.1) is 12.8 Å². The molecule has 134 valence electrons. The zero-order valence-corrected chi connectivity index (χ0v) is 15.6. The first-order chi connectivity index (χ1) is 11.1. The molecule has 24 heavy (non-hydrogen) atoms. The van der Waals surface area contributed by atoms with Gasteiger partial charge < -0.3 is 4.74 Å². The third kappa shape index (κ3) is 5.31. The summed E-state index contributed by atoms with van der Waals surface area (Å²) in [5, 5.41) is 0. The van der Waals surface area contributed by atoms with E-state index in [-0.39, 0.29) is 22.9 Å². The van der Waals surface area contributed by atoms with Crippen LogP contribution >= 0.6 is 0 Å². The highest BCUT2D eigenvalue weighted by atomic mass is 32.2. The Bertz CT molecular complexity index is 662. The Kier molecular flexibility index (Phi) is 5.71. The number of hydrogen-bond donors (Lipinski definition) is 0. The summed E-state index contributed by atoms with van der Waals surface area (Å²) in [6.07, 6.45) is 1.87. The van der Waals surface area contributed by atoms with Crippen molar-refractivity contribution in [1.29, 1.82) is 0 Å². The van der Waals surface area contributed by atoms with Gasteiger partial charge in [0.15, 0.2) is 0 Å². The Morgan fingerprint density at radius 1 is 1.04 bits per heavy atom. The molecule has 1 aliphatic rings. The monoisotopic (exact) mass is 354 g/mol. The molecular formula is C18H26O5S. The summed E-state index contributed by atoms with van der Waals surface area (Å²) >= 11 is 0. The van der Waals surface area contributed by atoms with E-state index in [1.165, 1.54) is 0 Å². The van der Waals surface area contributed by atoms with E-state index in [0.29, 0.717) is 25.7 Å². The molecule has 2 rings (SSSR count). The van der Waals surface area contributed by atoms with Crippen molar-refractivity contribution < 1.29 is 22.1 Å². The topological polar surface area (TPSA) is 69.7 Å². The summed E-state index contributed by atoms with van der Waals surface area (Å²) in [4.78, 5) is 12.2. The fourth-order valence-electron chi connectivity index (χ4n) is 2.72. The van der Waals surface area contributed by atoms with Gasteiger partial charge in [-0.3, -0.25) is 8.98 Å². The van der Waals surface area contributed by atoms with Gasteiger partial charge in [0.05, 0.1) is 16.9 Å². The molecule has 5 nitrogen and oxygen atoms in total. The smallest absolute Gasteiger partial charge is 0.309 e. The lowest BCUT2D eigenvalue weighted by Crippen LogP contribution is -2.33. The van der Waals surface area contributed by atoms with Crippen molar-refractivity contribution in [3.63, 3.8) is 0 Å². The van der Waals surface area contributed by atoms with Gasteiger partial charge in [0, 0.05) is 0 Å². The summed E-state index contributed by atoms with van der Waals surface area (Å²) in [7, 11) is -3.76. The third-order valence-corrected chi connectivity index (χ3v) is 5.36. The molecule has 0 N–H and O–H groups in total. The fourth-order valence-corrected chi connectivity index (χ4v) is 3.85. The van der Waals surface area contributed by atoms with Crippen molar-refractivity contribution >= 4 is 16.1 Å². The van der Waals surface area contributed by atoms with E-state index in [1.807, 2.05) is 27.7 Å². The minimum Gasteiger partial charge on any atom is -0.460 e. The van der Waals surface area contributed by atoms with Gasteiger partial charge in [0.2, 0.25) is 0 Å². The molecule has 0 aromatic heterocycles. The first kappa shape index (κ1) is 18.9. The summed E-state index contributed by atoms with van der Waals surface area (Å²) < 4.78 is 35.4. The molecule has 0 radical (unpaired) electrons. The molecular weight excluding hydrogens is 328 g/mol. The van der Waals surface area contributed by atoms with Crippen molar-refractivity contribution in [2.45, 2.75) is 70.0 Å². The maximum absolute atomic E-state index is 12.3. The van der Waals surface area contributed by atoms with E-state index in [2.05, 4.69) is 0 Å². The third-order valence-electron chi connectivity index (χ3n) is 3.99. The molecule has 0 saturated heterocycles. The summed E-state index contributed by atoms with van der Waals surface area (Å²) in [5.74, 6) is -0.381. The predicted octanol–water partition coefficient (Wildman–Crippen LogP) is 3.60. The minimum atomic E-state index is -3.76. The minimum absolute atomic E-state index is 0.169. The van der Waals surface area contributed by atoms with E-state index >= 15 is 0 Å². The fraction of sp³-hybridized carbons (Fsp3) is 0.611. The quantitative estimate of drug-likeness (QED) is 0.610. The van der Waals surface area contributed by atoms with Crippen molar-refractivity contribution in [2.75, 3.05) is 0 Å². The Morgan fingerprint density at radius 3 is 2.08 bits per heavy atom. The molecule has 1 aromatic rings. The standard InChI is InChI=1S/C18H26O5S/c1-13-5-11-16(12-6-13)24(20,21)23-15-9-7-14(8-10-15)17(19)22-18(2,3)4/h5-6,11-12,14-15H,7-10H2,1-4H3. The molecule has 0 spiro atoms. The summed E-state index contributed by atoms with van der Waals surface area (Å²) in [5.41, 5.74) is 0.492. The number of carbonyl (C=O) groups is 1. The van der Waals surface area contributed by atoms with Gasteiger partial charge in [-0.2, -0.15) is 8.42 Å². The average molecular weight is 354 g/mol. The first-order valence-electron chi connectivity index (χ1n) is 8.30. The molecule has 1 fully saturated rings. The molecule has 0 amide bonds. The molecule has 0 atom stereocenters. The van der Waals surface area contributed by atoms with Gasteiger partial charge in [-0.25, -0.2) is 0 Å². The highest BCUT2D eigenvalue weighted by Gasteiger charge is 2.32. The maximum atomic E-state index is 12.3. The lowest BCUT2D eigenvalue weighted by molar-refractivity contribution is -0.161. The van der Waals surface area contributed by atoms with E-state index < -0.39 is 15.7 Å². The van der Waals surface area contributed by atoms with E-state index in [9.17, 15) is 13.2 Å². The summed E-state index contributed by atoms with van der Waals surface area (Å²) in [6, 6.07) is 6.60. The normalized spacial score (nSPS) is 22.2. The Morgan fingerprint density at radius 2 is 1.58 bits per heavy atom. The van der Waals surface area contributed by atoms with Gasteiger partial charge in [-0.05, 0) is 65.5 Å². The molecule has 1 aliphatic carbocycles. The van der Waals surface area contributed by atoms with Gasteiger partial charge in [-0.15, -0.1) is 0 Å². The van der Waals surface area contributed by atoms with Crippen LogP contribution in [-0.2, 0) is 23.8 Å². The molecule has 1 aromatic carbocycles. The Balaban J connectivity index is 1.91. The van der Waals surface area contributed by atoms with Crippen LogP contribution in [0.4, 0.5) is 0 Å². The second-order valence-electron chi connectivity index (χ2n) is 7.37. The molecule has 6 heteroatoms. The predicted molar refractivity (Wildman–Crippen MR) is 91.0 cm³/mol. The van der Waals surface area contributed by atoms with Crippen LogP contribution in [0.25, 0.3) is 0 Å². The number of hydrogen-bond acceptors (Lipinski definition) is 5. The van der Waals surface area contributed by atoms with Gasteiger partial charge in [-0.1, -0.05) is 17.7 Å². The second kappa shape index (κ2) is 7.23. The van der Waals surface area contributed by atoms with Crippen molar-refractivity contribution in [2.24, 2.45) is 5.92 Å². The van der Waals surface area contributed by atoms with Crippen molar-refractivity contribution in [3.8, 4) is 0 Å². The number of ether oxygens (including phenoxy) is 1. The molecule has 0 aliphatic heterocycles. The molecule has 0 heterocycles. The molecule has 1 saturated carbocycles. The Hall–Kier alpha value is -1.40. The lowest BCUT2D eigenvalue weighted by atomic mass is 9.87. The lowest BCUT2D eigenvalue weighted by Gasteiger charge is -2.29. The van der Waals surface area contributed by atoms with Crippen LogP contribution in [0.5, 0.6) is 0 Å². The molecule has 0 unspecified atom stereocenters. The van der Waals surface area contributed by atoms with Crippen LogP contribution in [0.3, 0.4) is 0 Å². The van der Waals surface area contributed by atoms with E-state index in [4.69, 9.17) is 8.92 Å². The number of esters is 1. The number of aryl methyl sites for hydroxylation is 1. The van der Waals surface area contributed by atoms with Crippen LogP contribution in [0.15, 0.2) is 29.2 Å². The zero-order valence-electron chi connectivity index (χ0n) is 14.7. The highest BCUT2D eigenvalue weighted by molar-refractivity contribution is 7.86. The van der Waals surface area contributed by atoms with Crippen molar-refractivity contribution in [1.82, 2.24) is 0 Å². The first-order valence-corrected chi connectivity index (χ1v) is 9.70. The van der Waals surface area contributed by atoms with Gasteiger partial charge >= 0.3 is 5.97 Å². The van der Waals surface area contributed by atoms with Crippen LogP contribution in [-0.4, -0.2) is 26.1 Å². The number of benzene rings is 1. The second-order valence-corrected chi connectivity index (χ2v) is 8.94. The van der Waals surface area contributed by atoms with E-state index in [0.717, 1.165) is 5.56 Å². The number of rotatable bonds is 4. The van der Waals surface area contributed by atoms with Crippen molar-refractivity contribution in [3.05, 3.63) is 29.8 Å². The van der Waals surface area contributed by atoms with Crippen LogP contribution in [0.1, 0.15) is 52.0 Å². The number of carbonyl (C=O) groups excluding carboxylic acids is 1. The van der Waals surface area contributed by atoms with Crippen LogP contribution < -0.4 is 0 Å². The average Bonchev–Trinajstić information content (AvgIpc) is 2.46. The van der Waals surface area contributed by atoms with Crippen LogP contribution in [0.2, 0.25) is 0 Å². The largest absolute Gasteiger partial charge is 0.460 e. The van der Waals surface area contributed by atoms with Gasteiger partial charge in [0.1, 0.15) is 5.60 Å². The maximum Gasteiger partial charge on any atom is 0.309 e. The SMILES string of the molecule is Cc1ccc(S(=O)(=O)OC2CCC(C(=O)OC(C)(C)C)CC2)cc1. The zero-order chi connectivity index (χ0) is 18.0. The highest BCUT2D eigenvalue weighted by Crippen LogP contribution is 2.30. The summed E-state index contributed by atoms with van der Waals surface area (Å²) in [6.45, 7) is 7.42. The molecule has 0 bridgehead atoms.